The highest BCUT2D eigenvalue weighted by atomic mass is 16.5. The summed E-state index contributed by atoms with van der Waals surface area (Å²) < 4.78 is 10.6. The number of aromatic nitrogens is 2. The number of nitrogens with one attached hydrogen (secondary N) is 1. The molecular formula is C15H19N3O3. The Balaban J connectivity index is 1.87. The standard InChI is InChI=1S/C15H19N3O3/c1-4-12-7-5-6-8-13(12)20-9-14(19)16-10(2)15-17-11(3)18-21-15/h5-8,10H,4,9H2,1-3H3,(H,16,19)/t10-/m1/s1. The summed E-state index contributed by atoms with van der Waals surface area (Å²) in [5.41, 5.74) is 1.07. The third-order valence-electron chi connectivity index (χ3n) is 3.00. The number of benzene rings is 1. The number of carbonyl (C=O) groups excluding carboxylic acids is 1. The molecule has 1 atom stereocenters. The van der Waals surface area contributed by atoms with Crippen LogP contribution in [0.4, 0.5) is 0 Å². The summed E-state index contributed by atoms with van der Waals surface area (Å²) in [6.07, 6.45) is 0.857. The van der Waals surface area contributed by atoms with E-state index >= 15 is 0 Å². The summed E-state index contributed by atoms with van der Waals surface area (Å²) in [7, 11) is 0. The molecule has 0 saturated carbocycles. The van der Waals surface area contributed by atoms with Crippen molar-refractivity contribution in [3.8, 4) is 5.75 Å². The number of hydrogen-bond acceptors (Lipinski definition) is 5. The van der Waals surface area contributed by atoms with Gasteiger partial charge in [-0.1, -0.05) is 30.3 Å². The molecule has 0 bridgehead atoms. The molecule has 112 valence electrons. The molecule has 1 aromatic heterocycles. The van der Waals surface area contributed by atoms with Crippen molar-refractivity contribution < 1.29 is 14.1 Å². The van der Waals surface area contributed by atoms with E-state index in [9.17, 15) is 4.79 Å². The van der Waals surface area contributed by atoms with E-state index in [1.54, 1.807) is 13.8 Å². The summed E-state index contributed by atoms with van der Waals surface area (Å²) in [6, 6.07) is 7.33. The van der Waals surface area contributed by atoms with Crippen LogP contribution in [0.3, 0.4) is 0 Å². The number of aryl methyl sites for hydroxylation is 2. The zero-order valence-electron chi connectivity index (χ0n) is 12.4. The minimum absolute atomic E-state index is 0.0472. The van der Waals surface area contributed by atoms with Crippen molar-refractivity contribution >= 4 is 5.91 Å². The molecule has 0 aliphatic heterocycles. The van der Waals surface area contributed by atoms with Gasteiger partial charge in [0, 0.05) is 0 Å². The van der Waals surface area contributed by atoms with Crippen molar-refractivity contribution in [2.45, 2.75) is 33.2 Å². The molecule has 1 amide bonds. The predicted molar refractivity (Wildman–Crippen MR) is 76.9 cm³/mol. The Morgan fingerprint density at radius 3 is 2.86 bits per heavy atom. The first-order valence-corrected chi connectivity index (χ1v) is 6.90. The molecule has 2 aromatic rings. The highest BCUT2D eigenvalue weighted by molar-refractivity contribution is 5.77. The van der Waals surface area contributed by atoms with Crippen LogP contribution in [0.15, 0.2) is 28.8 Å². The van der Waals surface area contributed by atoms with Gasteiger partial charge in [-0.3, -0.25) is 4.79 Å². The quantitative estimate of drug-likeness (QED) is 0.882. The van der Waals surface area contributed by atoms with Crippen LogP contribution in [-0.2, 0) is 11.2 Å². The van der Waals surface area contributed by atoms with Crippen molar-refractivity contribution in [1.82, 2.24) is 15.5 Å². The number of amides is 1. The molecule has 6 heteroatoms. The van der Waals surface area contributed by atoms with Crippen LogP contribution >= 0.6 is 0 Å². The van der Waals surface area contributed by atoms with Gasteiger partial charge < -0.3 is 14.6 Å². The van der Waals surface area contributed by atoms with Gasteiger partial charge in [-0.15, -0.1) is 0 Å². The van der Waals surface area contributed by atoms with Crippen LogP contribution in [0, 0.1) is 6.92 Å². The van der Waals surface area contributed by atoms with Gasteiger partial charge in [-0.25, -0.2) is 0 Å². The van der Waals surface area contributed by atoms with E-state index < -0.39 is 0 Å². The van der Waals surface area contributed by atoms with Gasteiger partial charge in [0.15, 0.2) is 12.4 Å². The first-order chi connectivity index (χ1) is 10.1. The summed E-state index contributed by atoms with van der Waals surface area (Å²) in [5.74, 6) is 1.43. The highest BCUT2D eigenvalue weighted by Crippen LogP contribution is 2.18. The minimum atomic E-state index is -0.344. The Bertz CT molecular complexity index is 610. The molecule has 2 rings (SSSR count). The number of para-hydroxylation sites is 1. The Hall–Kier alpha value is -2.37. The van der Waals surface area contributed by atoms with Gasteiger partial charge in [0.2, 0.25) is 5.89 Å². The first-order valence-electron chi connectivity index (χ1n) is 6.90. The monoisotopic (exact) mass is 289 g/mol. The second kappa shape index (κ2) is 6.88. The molecule has 0 fully saturated rings. The number of carbonyl (C=O) groups is 1. The maximum absolute atomic E-state index is 11.9. The largest absolute Gasteiger partial charge is 0.483 e. The number of rotatable bonds is 6. The Morgan fingerprint density at radius 2 is 2.19 bits per heavy atom. The third-order valence-corrected chi connectivity index (χ3v) is 3.00. The molecule has 0 spiro atoms. The lowest BCUT2D eigenvalue weighted by atomic mass is 10.1. The summed E-state index contributed by atoms with van der Waals surface area (Å²) in [4.78, 5) is 16.0. The molecule has 0 aliphatic carbocycles. The molecule has 1 N–H and O–H groups in total. The lowest BCUT2D eigenvalue weighted by Crippen LogP contribution is -2.31. The van der Waals surface area contributed by atoms with Gasteiger partial charge in [0.25, 0.3) is 5.91 Å². The number of nitrogens with zero attached hydrogens (tertiary/aromatic N) is 2. The molecular weight excluding hydrogens is 270 g/mol. The van der Waals surface area contributed by atoms with Crippen LogP contribution in [0.1, 0.15) is 37.2 Å². The average molecular weight is 289 g/mol. The van der Waals surface area contributed by atoms with Crippen LogP contribution in [0.5, 0.6) is 5.75 Å². The van der Waals surface area contributed by atoms with E-state index in [-0.39, 0.29) is 18.6 Å². The third kappa shape index (κ3) is 4.05. The zero-order valence-corrected chi connectivity index (χ0v) is 12.4. The van der Waals surface area contributed by atoms with Crippen LogP contribution in [-0.4, -0.2) is 22.7 Å². The fourth-order valence-electron chi connectivity index (χ4n) is 1.91. The van der Waals surface area contributed by atoms with Crippen molar-refractivity contribution in [2.24, 2.45) is 0 Å². The first kappa shape index (κ1) is 15.0. The molecule has 1 aromatic carbocycles. The molecule has 6 nitrogen and oxygen atoms in total. The highest BCUT2D eigenvalue weighted by Gasteiger charge is 2.16. The SMILES string of the molecule is CCc1ccccc1OCC(=O)N[C@H](C)c1nc(C)no1. The topological polar surface area (TPSA) is 77.2 Å². The number of ether oxygens (including phenoxy) is 1. The Morgan fingerprint density at radius 1 is 1.43 bits per heavy atom. The van der Waals surface area contributed by atoms with Crippen molar-refractivity contribution in [3.63, 3.8) is 0 Å². The lowest BCUT2D eigenvalue weighted by molar-refractivity contribution is -0.123. The van der Waals surface area contributed by atoms with E-state index in [4.69, 9.17) is 9.26 Å². The van der Waals surface area contributed by atoms with E-state index in [0.717, 1.165) is 17.7 Å². The van der Waals surface area contributed by atoms with Crippen LogP contribution < -0.4 is 10.1 Å². The zero-order chi connectivity index (χ0) is 15.2. The van der Waals surface area contributed by atoms with Gasteiger partial charge in [-0.2, -0.15) is 4.98 Å². The molecule has 1 heterocycles. The Kier molecular flexibility index (Phi) is 4.92. The van der Waals surface area contributed by atoms with Gasteiger partial charge in [-0.05, 0) is 31.9 Å². The second-order valence-corrected chi connectivity index (χ2v) is 4.72. The normalized spacial score (nSPS) is 12.0. The summed E-state index contributed by atoms with van der Waals surface area (Å²) in [6.45, 7) is 5.51. The summed E-state index contributed by atoms with van der Waals surface area (Å²) in [5, 5.41) is 6.45. The fraction of sp³-hybridized carbons (Fsp3) is 0.400. The minimum Gasteiger partial charge on any atom is -0.483 e. The van der Waals surface area contributed by atoms with Gasteiger partial charge in [0.1, 0.15) is 11.8 Å². The second-order valence-electron chi connectivity index (χ2n) is 4.72. The maximum atomic E-state index is 11.9. The van der Waals surface area contributed by atoms with E-state index in [2.05, 4.69) is 15.5 Å². The number of hydrogen-bond donors (Lipinski definition) is 1. The lowest BCUT2D eigenvalue weighted by Gasteiger charge is -2.12. The van der Waals surface area contributed by atoms with Crippen molar-refractivity contribution in [3.05, 3.63) is 41.5 Å². The Labute approximate surface area is 123 Å². The summed E-state index contributed by atoms with van der Waals surface area (Å²) >= 11 is 0. The maximum Gasteiger partial charge on any atom is 0.258 e. The molecule has 0 aliphatic rings. The van der Waals surface area contributed by atoms with Gasteiger partial charge in [0.05, 0.1) is 0 Å². The van der Waals surface area contributed by atoms with Crippen LogP contribution in [0.2, 0.25) is 0 Å². The van der Waals surface area contributed by atoms with E-state index in [0.29, 0.717) is 11.7 Å². The predicted octanol–water partition coefficient (Wildman–Crippen LogP) is 2.20. The molecule has 0 unspecified atom stereocenters. The van der Waals surface area contributed by atoms with Crippen molar-refractivity contribution in [1.29, 1.82) is 0 Å². The molecule has 0 radical (unpaired) electrons. The van der Waals surface area contributed by atoms with Gasteiger partial charge >= 0.3 is 0 Å². The van der Waals surface area contributed by atoms with E-state index in [1.807, 2.05) is 31.2 Å². The van der Waals surface area contributed by atoms with E-state index in [1.165, 1.54) is 0 Å². The molecule has 0 saturated heterocycles. The van der Waals surface area contributed by atoms with Crippen molar-refractivity contribution in [2.75, 3.05) is 6.61 Å². The smallest absolute Gasteiger partial charge is 0.258 e. The van der Waals surface area contributed by atoms with Crippen LogP contribution in [0.25, 0.3) is 0 Å². The average Bonchev–Trinajstić information content (AvgIpc) is 2.92. The fourth-order valence-corrected chi connectivity index (χ4v) is 1.91. The molecule has 21 heavy (non-hydrogen) atoms.